The van der Waals surface area contributed by atoms with Gasteiger partial charge in [-0.3, -0.25) is 5.10 Å². The zero-order chi connectivity index (χ0) is 14.5. The summed E-state index contributed by atoms with van der Waals surface area (Å²) in [7, 11) is 0. The Labute approximate surface area is 132 Å². The minimum atomic E-state index is 0.785. The average Bonchev–Trinajstić information content (AvgIpc) is 2.97. The standard InChI is InChI=1S/C17H16BrN3/c18-16-8-4-5-13(9-16)10-19-11-15-12-20-21-17(15)14-6-2-1-3-7-14/h1-9,12,19H,10-11H2,(H,20,21). The number of H-pyrrole nitrogens is 1. The first-order chi connectivity index (χ1) is 10.3. The first-order valence-corrected chi connectivity index (χ1v) is 7.65. The molecule has 0 bridgehead atoms. The van der Waals surface area contributed by atoms with Crippen LogP contribution in [-0.4, -0.2) is 10.2 Å². The molecule has 3 rings (SSSR count). The van der Waals surface area contributed by atoms with Gasteiger partial charge in [-0.1, -0.05) is 58.4 Å². The third-order valence-corrected chi connectivity index (χ3v) is 3.81. The summed E-state index contributed by atoms with van der Waals surface area (Å²) in [5, 5.41) is 10.7. The van der Waals surface area contributed by atoms with Crippen LogP contribution in [0.1, 0.15) is 11.1 Å². The Kier molecular flexibility index (Phi) is 4.48. The summed E-state index contributed by atoms with van der Waals surface area (Å²) < 4.78 is 1.11. The number of nitrogens with one attached hydrogen (secondary N) is 2. The molecule has 3 nitrogen and oxygen atoms in total. The van der Waals surface area contributed by atoms with E-state index in [4.69, 9.17) is 0 Å². The summed E-state index contributed by atoms with van der Waals surface area (Å²) in [5.74, 6) is 0. The zero-order valence-electron chi connectivity index (χ0n) is 11.5. The molecular weight excluding hydrogens is 326 g/mol. The summed E-state index contributed by atoms with van der Waals surface area (Å²) in [6.45, 7) is 1.62. The Bertz CT molecular complexity index is 707. The number of rotatable bonds is 5. The Morgan fingerprint density at radius 3 is 2.67 bits per heavy atom. The summed E-state index contributed by atoms with van der Waals surface area (Å²) >= 11 is 3.49. The molecule has 0 fully saturated rings. The highest BCUT2D eigenvalue weighted by molar-refractivity contribution is 9.10. The van der Waals surface area contributed by atoms with Crippen LogP contribution in [0, 0.1) is 0 Å². The van der Waals surface area contributed by atoms with Crippen molar-refractivity contribution in [2.24, 2.45) is 0 Å². The van der Waals surface area contributed by atoms with Crippen LogP contribution in [-0.2, 0) is 13.1 Å². The van der Waals surface area contributed by atoms with E-state index in [1.807, 2.05) is 36.5 Å². The monoisotopic (exact) mass is 341 g/mol. The minimum Gasteiger partial charge on any atom is -0.308 e. The maximum Gasteiger partial charge on any atom is 0.0695 e. The summed E-state index contributed by atoms with van der Waals surface area (Å²) in [5.41, 5.74) is 4.68. The lowest BCUT2D eigenvalue weighted by Crippen LogP contribution is -2.12. The molecule has 3 aromatic rings. The number of hydrogen-bond acceptors (Lipinski definition) is 2. The van der Waals surface area contributed by atoms with Gasteiger partial charge in [-0.05, 0) is 23.3 Å². The highest BCUT2D eigenvalue weighted by Crippen LogP contribution is 2.20. The molecular formula is C17H16BrN3. The molecule has 0 saturated carbocycles. The second-order valence-electron chi connectivity index (χ2n) is 4.87. The molecule has 1 aromatic heterocycles. The van der Waals surface area contributed by atoms with Gasteiger partial charge >= 0.3 is 0 Å². The minimum absolute atomic E-state index is 0.785. The molecule has 0 unspecified atom stereocenters. The molecule has 0 amide bonds. The molecule has 0 aliphatic heterocycles. The number of nitrogens with zero attached hydrogens (tertiary/aromatic N) is 1. The van der Waals surface area contributed by atoms with Crippen molar-refractivity contribution in [2.75, 3.05) is 0 Å². The lowest BCUT2D eigenvalue weighted by Gasteiger charge is -2.06. The molecule has 2 N–H and O–H groups in total. The van der Waals surface area contributed by atoms with Gasteiger partial charge in [-0.25, -0.2) is 0 Å². The van der Waals surface area contributed by atoms with Crippen molar-refractivity contribution in [1.82, 2.24) is 15.5 Å². The van der Waals surface area contributed by atoms with E-state index < -0.39 is 0 Å². The van der Waals surface area contributed by atoms with Gasteiger partial charge < -0.3 is 5.32 Å². The largest absolute Gasteiger partial charge is 0.308 e. The van der Waals surface area contributed by atoms with Gasteiger partial charge in [-0.15, -0.1) is 0 Å². The van der Waals surface area contributed by atoms with Gasteiger partial charge in [0.15, 0.2) is 0 Å². The van der Waals surface area contributed by atoms with Crippen molar-refractivity contribution >= 4 is 15.9 Å². The molecule has 2 aromatic carbocycles. The van der Waals surface area contributed by atoms with Crippen LogP contribution >= 0.6 is 15.9 Å². The lowest BCUT2D eigenvalue weighted by atomic mass is 10.1. The van der Waals surface area contributed by atoms with E-state index in [-0.39, 0.29) is 0 Å². The van der Waals surface area contributed by atoms with E-state index in [2.05, 4.69) is 55.7 Å². The molecule has 0 aliphatic carbocycles. The average molecular weight is 342 g/mol. The van der Waals surface area contributed by atoms with Gasteiger partial charge in [0, 0.05) is 23.1 Å². The Hall–Kier alpha value is -1.91. The van der Waals surface area contributed by atoms with Gasteiger partial charge in [0.25, 0.3) is 0 Å². The van der Waals surface area contributed by atoms with Crippen molar-refractivity contribution in [3.8, 4) is 11.3 Å². The number of aromatic amines is 1. The number of benzene rings is 2. The Morgan fingerprint density at radius 1 is 1.00 bits per heavy atom. The molecule has 106 valence electrons. The van der Waals surface area contributed by atoms with E-state index in [9.17, 15) is 0 Å². The van der Waals surface area contributed by atoms with Crippen LogP contribution in [0.2, 0.25) is 0 Å². The zero-order valence-corrected chi connectivity index (χ0v) is 13.1. The molecule has 0 spiro atoms. The van der Waals surface area contributed by atoms with Gasteiger partial charge in [0.2, 0.25) is 0 Å². The third kappa shape index (κ3) is 3.60. The van der Waals surface area contributed by atoms with Gasteiger partial charge in [-0.2, -0.15) is 5.10 Å². The number of halogens is 1. The topological polar surface area (TPSA) is 40.7 Å². The van der Waals surface area contributed by atoms with Crippen molar-refractivity contribution < 1.29 is 0 Å². The van der Waals surface area contributed by atoms with E-state index in [1.54, 1.807) is 0 Å². The molecule has 4 heteroatoms. The normalized spacial score (nSPS) is 10.7. The fourth-order valence-corrected chi connectivity index (χ4v) is 2.73. The summed E-state index contributed by atoms with van der Waals surface area (Å²) in [4.78, 5) is 0. The van der Waals surface area contributed by atoms with Crippen molar-refractivity contribution in [3.05, 3.63) is 76.4 Å². The molecule has 0 aliphatic rings. The van der Waals surface area contributed by atoms with Crippen molar-refractivity contribution in [3.63, 3.8) is 0 Å². The first-order valence-electron chi connectivity index (χ1n) is 6.86. The van der Waals surface area contributed by atoms with E-state index >= 15 is 0 Å². The van der Waals surface area contributed by atoms with Crippen LogP contribution in [0.25, 0.3) is 11.3 Å². The summed E-state index contributed by atoms with van der Waals surface area (Å²) in [6.07, 6.45) is 1.89. The highest BCUT2D eigenvalue weighted by atomic mass is 79.9. The SMILES string of the molecule is Brc1cccc(CNCc2cn[nH]c2-c2ccccc2)c1. The van der Waals surface area contributed by atoms with Gasteiger partial charge in [0.05, 0.1) is 11.9 Å². The first kappa shape index (κ1) is 14.0. The van der Waals surface area contributed by atoms with Crippen LogP contribution in [0.5, 0.6) is 0 Å². The second-order valence-corrected chi connectivity index (χ2v) is 5.79. The fraction of sp³-hybridized carbons (Fsp3) is 0.118. The van der Waals surface area contributed by atoms with E-state index in [0.717, 1.165) is 28.8 Å². The predicted octanol–water partition coefficient (Wildman–Crippen LogP) is 4.13. The van der Waals surface area contributed by atoms with Crippen molar-refractivity contribution in [2.45, 2.75) is 13.1 Å². The van der Waals surface area contributed by atoms with Gasteiger partial charge in [0.1, 0.15) is 0 Å². The number of hydrogen-bond donors (Lipinski definition) is 2. The lowest BCUT2D eigenvalue weighted by molar-refractivity contribution is 0.694. The maximum atomic E-state index is 4.17. The molecule has 0 radical (unpaired) electrons. The van der Waals surface area contributed by atoms with E-state index in [0.29, 0.717) is 0 Å². The molecule has 1 heterocycles. The van der Waals surface area contributed by atoms with Crippen LogP contribution in [0.4, 0.5) is 0 Å². The second kappa shape index (κ2) is 6.70. The highest BCUT2D eigenvalue weighted by Gasteiger charge is 2.06. The van der Waals surface area contributed by atoms with Crippen molar-refractivity contribution in [1.29, 1.82) is 0 Å². The smallest absolute Gasteiger partial charge is 0.0695 e. The molecule has 0 atom stereocenters. The Balaban J connectivity index is 1.66. The van der Waals surface area contributed by atoms with Crippen LogP contribution in [0.15, 0.2) is 65.3 Å². The predicted molar refractivity (Wildman–Crippen MR) is 88.7 cm³/mol. The van der Waals surface area contributed by atoms with E-state index in [1.165, 1.54) is 11.1 Å². The van der Waals surface area contributed by atoms with Crippen LogP contribution < -0.4 is 5.32 Å². The summed E-state index contributed by atoms with van der Waals surface area (Å²) in [6, 6.07) is 18.6. The number of aromatic nitrogens is 2. The fourth-order valence-electron chi connectivity index (χ4n) is 2.29. The van der Waals surface area contributed by atoms with Crippen LogP contribution in [0.3, 0.4) is 0 Å². The maximum absolute atomic E-state index is 4.17. The Morgan fingerprint density at radius 2 is 1.86 bits per heavy atom. The quantitative estimate of drug-likeness (QED) is 0.732. The molecule has 21 heavy (non-hydrogen) atoms. The third-order valence-electron chi connectivity index (χ3n) is 3.31. The molecule has 0 saturated heterocycles.